The molecular formula is C22H24Si. The SMILES string of the molecule is C[Si](C)(CCc1ccccc1)c1ccccc1-c1ccccc1. The van der Waals surface area contributed by atoms with Crippen LogP contribution in [0.25, 0.3) is 11.1 Å². The summed E-state index contributed by atoms with van der Waals surface area (Å²) in [5.41, 5.74) is 4.20. The molecule has 0 aromatic heterocycles. The molecule has 1 heteroatoms. The molecule has 3 aromatic carbocycles. The van der Waals surface area contributed by atoms with Crippen LogP contribution in [0.2, 0.25) is 19.1 Å². The van der Waals surface area contributed by atoms with Crippen molar-refractivity contribution in [3.05, 3.63) is 90.5 Å². The maximum Gasteiger partial charge on any atom is 0.0817 e. The van der Waals surface area contributed by atoms with E-state index in [0.29, 0.717) is 0 Å². The van der Waals surface area contributed by atoms with E-state index >= 15 is 0 Å². The Morgan fingerprint density at radius 1 is 0.652 bits per heavy atom. The van der Waals surface area contributed by atoms with E-state index in [1.165, 1.54) is 29.2 Å². The lowest BCUT2D eigenvalue weighted by molar-refractivity contribution is 1.10. The molecule has 116 valence electrons. The second-order valence-corrected chi connectivity index (χ2v) is 11.6. The highest BCUT2D eigenvalue weighted by Crippen LogP contribution is 2.23. The fourth-order valence-corrected chi connectivity index (χ4v) is 5.87. The van der Waals surface area contributed by atoms with E-state index in [9.17, 15) is 0 Å². The summed E-state index contributed by atoms with van der Waals surface area (Å²) in [7, 11) is -1.49. The summed E-state index contributed by atoms with van der Waals surface area (Å²) >= 11 is 0. The molecule has 0 aliphatic carbocycles. The molecule has 3 rings (SSSR count). The topological polar surface area (TPSA) is 0 Å². The maximum atomic E-state index is 2.50. The van der Waals surface area contributed by atoms with Gasteiger partial charge in [-0.25, -0.2) is 0 Å². The molecule has 0 bridgehead atoms. The highest BCUT2D eigenvalue weighted by atomic mass is 28.3. The molecule has 0 radical (unpaired) electrons. The van der Waals surface area contributed by atoms with Gasteiger partial charge in [-0.15, -0.1) is 0 Å². The van der Waals surface area contributed by atoms with Gasteiger partial charge < -0.3 is 0 Å². The second kappa shape index (κ2) is 6.97. The summed E-state index contributed by atoms with van der Waals surface area (Å²) in [4.78, 5) is 0. The largest absolute Gasteiger partial charge is 0.0817 e. The third-order valence-corrected chi connectivity index (χ3v) is 8.02. The van der Waals surface area contributed by atoms with E-state index in [1.54, 1.807) is 5.19 Å². The molecule has 0 N–H and O–H groups in total. The van der Waals surface area contributed by atoms with Gasteiger partial charge in [0, 0.05) is 0 Å². The number of aryl methyl sites for hydroxylation is 1. The Labute approximate surface area is 140 Å². The van der Waals surface area contributed by atoms with Gasteiger partial charge >= 0.3 is 0 Å². The molecule has 23 heavy (non-hydrogen) atoms. The second-order valence-electron chi connectivity index (χ2n) is 6.78. The van der Waals surface area contributed by atoms with Gasteiger partial charge in [0.2, 0.25) is 0 Å². The van der Waals surface area contributed by atoms with Gasteiger partial charge in [0.25, 0.3) is 0 Å². The van der Waals surface area contributed by atoms with Crippen molar-refractivity contribution >= 4 is 13.3 Å². The number of benzene rings is 3. The van der Waals surface area contributed by atoms with Crippen LogP contribution in [0, 0.1) is 0 Å². The molecular weight excluding hydrogens is 292 g/mol. The van der Waals surface area contributed by atoms with Gasteiger partial charge in [-0.2, -0.15) is 0 Å². The first-order valence-corrected chi connectivity index (χ1v) is 11.6. The van der Waals surface area contributed by atoms with Crippen LogP contribution in [-0.4, -0.2) is 8.07 Å². The third-order valence-electron chi connectivity index (χ3n) is 4.62. The van der Waals surface area contributed by atoms with Crippen LogP contribution in [0.4, 0.5) is 0 Å². The van der Waals surface area contributed by atoms with Crippen molar-refractivity contribution in [3.8, 4) is 11.1 Å². The molecule has 0 aliphatic heterocycles. The fourth-order valence-electron chi connectivity index (χ4n) is 3.18. The summed E-state index contributed by atoms with van der Waals surface area (Å²) in [5, 5.41) is 1.57. The molecule has 0 fully saturated rings. The average Bonchev–Trinajstić information content (AvgIpc) is 2.62. The summed E-state index contributed by atoms with van der Waals surface area (Å²) in [6.07, 6.45) is 1.17. The number of hydrogen-bond donors (Lipinski definition) is 0. The summed E-state index contributed by atoms with van der Waals surface area (Å²) in [6.45, 7) is 5.00. The highest BCUT2D eigenvalue weighted by Gasteiger charge is 2.25. The minimum Gasteiger partial charge on any atom is -0.0654 e. The van der Waals surface area contributed by atoms with Gasteiger partial charge in [-0.05, 0) is 29.2 Å². The van der Waals surface area contributed by atoms with Crippen molar-refractivity contribution in [2.45, 2.75) is 25.6 Å². The fraction of sp³-hybridized carbons (Fsp3) is 0.182. The average molecular weight is 317 g/mol. The molecule has 0 aliphatic rings. The van der Waals surface area contributed by atoms with Crippen LogP contribution in [0.5, 0.6) is 0 Å². The lowest BCUT2D eigenvalue weighted by atomic mass is 10.1. The Kier molecular flexibility index (Phi) is 4.78. The molecule has 0 unspecified atom stereocenters. The third kappa shape index (κ3) is 3.80. The number of hydrogen-bond acceptors (Lipinski definition) is 0. The zero-order chi connectivity index (χ0) is 16.1. The van der Waals surface area contributed by atoms with Crippen molar-refractivity contribution in [1.82, 2.24) is 0 Å². The van der Waals surface area contributed by atoms with Gasteiger partial charge in [0.15, 0.2) is 0 Å². The Bertz CT molecular complexity index is 745. The molecule has 0 saturated carbocycles. The quantitative estimate of drug-likeness (QED) is 0.544. The van der Waals surface area contributed by atoms with E-state index in [1.807, 2.05) is 0 Å². The summed E-state index contributed by atoms with van der Waals surface area (Å²) in [5.74, 6) is 0. The van der Waals surface area contributed by atoms with E-state index in [2.05, 4.69) is 98.0 Å². The van der Waals surface area contributed by atoms with Crippen LogP contribution in [0.1, 0.15) is 5.56 Å². The predicted molar refractivity (Wildman–Crippen MR) is 104 cm³/mol. The van der Waals surface area contributed by atoms with E-state index in [4.69, 9.17) is 0 Å². The predicted octanol–water partition coefficient (Wildman–Crippen LogP) is 5.51. The normalized spacial score (nSPS) is 11.4. The molecule has 0 heterocycles. The summed E-state index contributed by atoms with van der Waals surface area (Å²) < 4.78 is 0. The Morgan fingerprint density at radius 2 is 1.22 bits per heavy atom. The van der Waals surface area contributed by atoms with Crippen molar-refractivity contribution in [3.63, 3.8) is 0 Å². The number of rotatable bonds is 5. The first-order chi connectivity index (χ1) is 11.2. The maximum absolute atomic E-state index is 2.50. The smallest absolute Gasteiger partial charge is 0.0654 e. The lowest BCUT2D eigenvalue weighted by Crippen LogP contribution is -2.42. The van der Waals surface area contributed by atoms with Gasteiger partial charge in [0.1, 0.15) is 0 Å². The van der Waals surface area contributed by atoms with E-state index in [0.717, 1.165) is 0 Å². The van der Waals surface area contributed by atoms with E-state index < -0.39 is 8.07 Å². The molecule has 0 amide bonds. The highest BCUT2D eigenvalue weighted by molar-refractivity contribution is 6.90. The molecule has 0 saturated heterocycles. The van der Waals surface area contributed by atoms with Crippen LogP contribution < -0.4 is 5.19 Å². The Balaban J connectivity index is 1.88. The van der Waals surface area contributed by atoms with Crippen molar-refractivity contribution in [2.24, 2.45) is 0 Å². The Morgan fingerprint density at radius 3 is 1.91 bits per heavy atom. The van der Waals surface area contributed by atoms with Crippen molar-refractivity contribution in [2.75, 3.05) is 0 Å². The van der Waals surface area contributed by atoms with Crippen LogP contribution in [-0.2, 0) is 6.42 Å². The molecule has 0 nitrogen and oxygen atoms in total. The molecule has 0 atom stereocenters. The standard InChI is InChI=1S/C22H24Si/c1-23(2,18-17-19-11-5-3-6-12-19)22-16-10-9-15-21(22)20-13-7-4-8-14-20/h3-16H,17-18H2,1-2H3. The van der Waals surface area contributed by atoms with Crippen LogP contribution in [0.15, 0.2) is 84.9 Å². The van der Waals surface area contributed by atoms with Gasteiger partial charge in [-0.1, -0.05) is 103 Å². The monoisotopic (exact) mass is 316 g/mol. The minimum absolute atomic E-state index is 1.17. The van der Waals surface area contributed by atoms with Crippen LogP contribution >= 0.6 is 0 Å². The van der Waals surface area contributed by atoms with Crippen molar-refractivity contribution in [1.29, 1.82) is 0 Å². The molecule has 3 aromatic rings. The Hall–Kier alpha value is -2.12. The lowest BCUT2D eigenvalue weighted by Gasteiger charge is -2.26. The zero-order valence-electron chi connectivity index (χ0n) is 14.0. The summed E-state index contributed by atoms with van der Waals surface area (Å²) in [6, 6.07) is 31.9. The van der Waals surface area contributed by atoms with Gasteiger partial charge in [-0.3, -0.25) is 0 Å². The van der Waals surface area contributed by atoms with Crippen molar-refractivity contribution < 1.29 is 0 Å². The minimum atomic E-state index is -1.49. The molecule has 0 spiro atoms. The van der Waals surface area contributed by atoms with E-state index in [-0.39, 0.29) is 0 Å². The van der Waals surface area contributed by atoms with Gasteiger partial charge in [0.05, 0.1) is 8.07 Å². The first-order valence-electron chi connectivity index (χ1n) is 8.36. The van der Waals surface area contributed by atoms with Crippen LogP contribution in [0.3, 0.4) is 0 Å². The first kappa shape index (κ1) is 15.8. The zero-order valence-corrected chi connectivity index (χ0v) is 15.0.